The molecule has 1 unspecified atom stereocenters. The van der Waals surface area contributed by atoms with Crippen LogP contribution >= 0.6 is 11.3 Å². The zero-order valence-electron chi connectivity index (χ0n) is 12.0. The standard InChI is InChI=1S/C17H18N2OS/c1-12-7-9-14-15(11-12)21-17(18-14)19-16(20)10-8-13-5-3-2-4-6-13/h2-6,8,10,12H,7,9,11H2,1H3,(H,18,19,20)/b10-8-. The van der Waals surface area contributed by atoms with Gasteiger partial charge >= 0.3 is 0 Å². The van der Waals surface area contributed by atoms with E-state index in [0.29, 0.717) is 0 Å². The Morgan fingerprint density at radius 3 is 3.00 bits per heavy atom. The fourth-order valence-electron chi connectivity index (χ4n) is 2.48. The molecule has 0 radical (unpaired) electrons. The van der Waals surface area contributed by atoms with E-state index in [1.165, 1.54) is 17.0 Å². The monoisotopic (exact) mass is 298 g/mol. The summed E-state index contributed by atoms with van der Waals surface area (Å²) in [4.78, 5) is 17.8. The fourth-order valence-corrected chi connectivity index (χ4v) is 3.65. The van der Waals surface area contributed by atoms with Crippen molar-refractivity contribution in [2.45, 2.75) is 26.2 Å². The van der Waals surface area contributed by atoms with Crippen molar-refractivity contribution >= 4 is 28.5 Å². The number of amides is 1. The van der Waals surface area contributed by atoms with Crippen LogP contribution in [0.2, 0.25) is 0 Å². The van der Waals surface area contributed by atoms with Gasteiger partial charge in [0.05, 0.1) is 5.69 Å². The maximum Gasteiger partial charge on any atom is 0.250 e. The number of nitrogens with zero attached hydrogens (tertiary/aromatic N) is 1. The molecule has 2 aromatic rings. The smallest absolute Gasteiger partial charge is 0.250 e. The average Bonchev–Trinajstić information content (AvgIpc) is 2.87. The Balaban J connectivity index is 1.64. The topological polar surface area (TPSA) is 42.0 Å². The number of anilines is 1. The zero-order chi connectivity index (χ0) is 14.7. The highest BCUT2D eigenvalue weighted by Crippen LogP contribution is 2.32. The van der Waals surface area contributed by atoms with E-state index < -0.39 is 0 Å². The van der Waals surface area contributed by atoms with Crippen molar-refractivity contribution in [1.82, 2.24) is 4.98 Å². The molecule has 3 rings (SSSR count). The van der Waals surface area contributed by atoms with Crippen molar-refractivity contribution in [1.29, 1.82) is 0 Å². The lowest BCUT2D eigenvalue weighted by Crippen LogP contribution is -2.09. The normalized spacial score (nSPS) is 17.7. The van der Waals surface area contributed by atoms with E-state index in [1.54, 1.807) is 17.4 Å². The van der Waals surface area contributed by atoms with Gasteiger partial charge in [-0.3, -0.25) is 10.1 Å². The van der Waals surface area contributed by atoms with Crippen LogP contribution in [0.1, 0.15) is 29.5 Å². The number of aryl methyl sites for hydroxylation is 1. The lowest BCUT2D eigenvalue weighted by Gasteiger charge is -2.15. The molecule has 1 aliphatic rings. The zero-order valence-corrected chi connectivity index (χ0v) is 12.8. The fraction of sp³-hybridized carbons (Fsp3) is 0.294. The first-order valence-electron chi connectivity index (χ1n) is 7.23. The molecule has 108 valence electrons. The molecule has 1 amide bonds. The second-order valence-electron chi connectivity index (χ2n) is 5.47. The minimum absolute atomic E-state index is 0.127. The lowest BCUT2D eigenvalue weighted by molar-refractivity contribution is -0.111. The molecule has 1 atom stereocenters. The number of thiazole rings is 1. The van der Waals surface area contributed by atoms with E-state index in [9.17, 15) is 4.79 Å². The number of carbonyl (C=O) groups excluding carboxylic acids is 1. The number of benzene rings is 1. The highest BCUT2D eigenvalue weighted by molar-refractivity contribution is 7.15. The van der Waals surface area contributed by atoms with Crippen molar-refractivity contribution in [2.24, 2.45) is 5.92 Å². The summed E-state index contributed by atoms with van der Waals surface area (Å²) in [6.45, 7) is 2.27. The van der Waals surface area contributed by atoms with Crippen LogP contribution in [0, 0.1) is 5.92 Å². The van der Waals surface area contributed by atoms with Crippen LogP contribution in [-0.2, 0) is 17.6 Å². The molecule has 21 heavy (non-hydrogen) atoms. The summed E-state index contributed by atoms with van der Waals surface area (Å²) in [6, 6.07) is 9.79. The summed E-state index contributed by atoms with van der Waals surface area (Å²) in [7, 11) is 0. The van der Waals surface area contributed by atoms with Crippen LogP contribution in [0.4, 0.5) is 5.13 Å². The Morgan fingerprint density at radius 2 is 2.19 bits per heavy atom. The number of nitrogens with one attached hydrogen (secondary N) is 1. The Morgan fingerprint density at radius 1 is 1.38 bits per heavy atom. The van der Waals surface area contributed by atoms with Gasteiger partial charge in [-0.25, -0.2) is 4.98 Å². The Labute approximate surface area is 128 Å². The van der Waals surface area contributed by atoms with Crippen LogP contribution in [0.5, 0.6) is 0 Å². The van der Waals surface area contributed by atoms with Crippen molar-refractivity contribution in [2.75, 3.05) is 5.32 Å². The SMILES string of the molecule is CC1CCc2nc(NC(=O)/C=C\c3ccccc3)sc2C1. The van der Waals surface area contributed by atoms with E-state index in [-0.39, 0.29) is 5.91 Å². The Hall–Kier alpha value is -1.94. The molecular weight excluding hydrogens is 280 g/mol. The number of fused-ring (bicyclic) bond motifs is 1. The molecule has 0 aliphatic heterocycles. The quantitative estimate of drug-likeness (QED) is 0.873. The molecule has 0 spiro atoms. The van der Waals surface area contributed by atoms with Gasteiger partial charge in [0.25, 0.3) is 0 Å². The molecule has 1 aromatic heterocycles. The molecule has 0 fully saturated rings. The highest BCUT2D eigenvalue weighted by Gasteiger charge is 2.20. The molecule has 0 saturated carbocycles. The molecule has 1 aromatic carbocycles. The second-order valence-corrected chi connectivity index (χ2v) is 6.55. The minimum atomic E-state index is -0.127. The maximum absolute atomic E-state index is 11.9. The third-order valence-corrected chi connectivity index (χ3v) is 4.68. The summed E-state index contributed by atoms with van der Waals surface area (Å²) < 4.78 is 0. The van der Waals surface area contributed by atoms with Crippen molar-refractivity contribution in [3.8, 4) is 0 Å². The van der Waals surface area contributed by atoms with E-state index in [0.717, 1.165) is 29.5 Å². The van der Waals surface area contributed by atoms with Crippen molar-refractivity contribution < 1.29 is 4.79 Å². The molecular formula is C17H18N2OS. The lowest BCUT2D eigenvalue weighted by atomic mass is 9.93. The van der Waals surface area contributed by atoms with Crippen LogP contribution in [0.3, 0.4) is 0 Å². The van der Waals surface area contributed by atoms with Gasteiger partial charge in [0, 0.05) is 11.0 Å². The summed E-state index contributed by atoms with van der Waals surface area (Å²) in [5.74, 6) is 0.595. The molecule has 0 saturated heterocycles. The van der Waals surface area contributed by atoms with Crippen LogP contribution in [0.25, 0.3) is 6.08 Å². The van der Waals surface area contributed by atoms with Gasteiger partial charge < -0.3 is 0 Å². The first-order valence-corrected chi connectivity index (χ1v) is 8.05. The molecule has 1 aliphatic carbocycles. The number of rotatable bonds is 3. The van der Waals surface area contributed by atoms with Crippen LogP contribution < -0.4 is 5.32 Å². The first kappa shape index (κ1) is 14.0. The summed E-state index contributed by atoms with van der Waals surface area (Å²) in [6.07, 6.45) is 6.67. The van der Waals surface area contributed by atoms with Gasteiger partial charge in [-0.05, 0) is 36.8 Å². The predicted octanol–water partition coefficient (Wildman–Crippen LogP) is 3.92. The average molecular weight is 298 g/mol. The Kier molecular flexibility index (Phi) is 4.15. The summed E-state index contributed by atoms with van der Waals surface area (Å²) >= 11 is 1.61. The van der Waals surface area contributed by atoms with E-state index in [1.807, 2.05) is 36.4 Å². The third kappa shape index (κ3) is 3.58. The maximum atomic E-state index is 11.9. The van der Waals surface area contributed by atoms with Gasteiger partial charge in [0.15, 0.2) is 5.13 Å². The van der Waals surface area contributed by atoms with Gasteiger partial charge in [-0.15, -0.1) is 11.3 Å². The van der Waals surface area contributed by atoms with E-state index in [4.69, 9.17) is 0 Å². The number of hydrogen-bond acceptors (Lipinski definition) is 3. The molecule has 1 heterocycles. The van der Waals surface area contributed by atoms with Crippen molar-refractivity contribution in [3.05, 3.63) is 52.5 Å². The van der Waals surface area contributed by atoms with E-state index >= 15 is 0 Å². The number of aromatic nitrogens is 1. The van der Waals surface area contributed by atoms with Gasteiger partial charge in [-0.2, -0.15) is 0 Å². The molecule has 0 bridgehead atoms. The third-order valence-electron chi connectivity index (χ3n) is 3.64. The largest absolute Gasteiger partial charge is 0.298 e. The molecule has 4 heteroatoms. The first-order chi connectivity index (χ1) is 10.2. The predicted molar refractivity (Wildman–Crippen MR) is 87.4 cm³/mol. The Bertz CT molecular complexity index is 661. The second kappa shape index (κ2) is 6.22. The summed E-state index contributed by atoms with van der Waals surface area (Å²) in [5, 5.41) is 3.59. The van der Waals surface area contributed by atoms with E-state index in [2.05, 4.69) is 17.2 Å². The van der Waals surface area contributed by atoms with Crippen LogP contribution in [-0.4, -0.2) is 10.9 Å². The summed E-state index contributed by atoms with van der Waals surface area (Å²) in [5.41, 5.74) is 2.18. The number of hydrogen-bond donors (Lipinski definition) is 1. The highest BCUT2D eigenvalue weighted by atomic mass is 32.1. The van der Waals surface area contributed by atoms with Gasteiger partial charge in [0.1, 0.15) is 0 Å². The minimum Gasteiger partial charge on any atom is -0.298 e. The molecule has 3 nitrogen and oxygen atoms in total. The number of carbonyl (C=O) groups is 1. The van der Waals surface area contributed by atoms with Crippen molar-refractivity contribution in [3.63, 3.8) is 0 Å². The van der Waals surface area contributed by atoms with Crippen LogP contribution in [0.15, 0.2) is 36.4 Å². The van der Waals surface area contributed by atoms with Gasteiger partial charge in [0.2, 0.25) is 5.91 Å². The molecule has 1 N–H and O–H groups in total. The van der Waals surface area contributed by atoms with Gasteiger partial charge in [-0.1, -0.05) is 37.3 Å².